The molecule has 0 fully saturated rings. The number of thioether (sulfide) groups is 2. The third kappa shape index (κ3) is 8.38. The van der Waals surface area contributed by atoms with Crippen LogP contribution in [-0.2, 0) is 22.7 Å². The molecule has 0 aliphatic heterocycles. The van der Waals surface area contributed by atoms with Crippen molar-refractivity contribution in [3.8, 4) is 0 Å². The molecule has 0 saturated heterocycles. The number of benzene rings is 5. The fraction of sp³-hybridized carbons (Fsp3) is 0.111. The lowest BCUT2D eigenvalue weighted by atomic mass is 10.1. The molecule has 5 aromatic rings. The zero-order valence-electron chi connectivity index (χ0n) is 23.1. The van der Waals surface area contributed by atoms with Crippen LogP contribution in [0.25, 0.3) is 0 Å². The number of amides is 2. The second-order valence-corrected chi connectivity index (χ2v) is 12.1. The molecule has 0 radical (unpaired) electrons. The Morgan fingerprint density at radius 1 is 0.476 bits per heavy atom. The minimum absolute atomic E-state index is 0.0441. The topological polar surface area (TPSA) is 58.2 Å². The van der Waals surface area contributed by atoms with Gasteiger partial charge in [-0.05, 0) is 46.5 Å². The molecule has 2 atom stereocenters. The molecule has 0 heterocycles. The standard InChI is InChI=1S/C36H32N2O2S2/c39-35(33(29-16-5-1-6-17-29)41-31-20-9-3-10-21-31)37-25-27-14-13-15-28(24-27)26-38-36(40)34(30-18-7-2-8-19-30)42-32-22-11-4-12-23-32/h1-24,33-34H,25-26H2,(H,37,39)(H,38,40)/t33-,34-/m1/s1. The van der Waals surface area contributed by atoms with Crippen LogP contribution in [-0.4, -0.2) is 11.8 Å². The highest BCUT2D eigenvalue weighted by Crippen LogP contribution is 2.36. The van der Waals surface area contributed by atoms with Crippen LogP contribution in [0.3, 0.4) is 0 Å². The maximum atomic E-state index is 13.4. The predicted molar refractivity (Wildman–Crippen MR) is 173 cm³/mol. The molecule has 0 spiro atoms. The summed E-state index contributed by atoms with van der Waals surface area (Å²) in [6.07, 6.45) is 0. The van der Waals surface area contributed by atoms with Gasteiger partial charge in [-0.2, -0.15) is 0 Å². The van der Waals surface area contributed by atoms with Gasteiger partial charge in [0.1, 0.15) is 10.5 Å². The van der Waals surface area contributed by atoms with Gasteiger partial charge in [0.15, 0.2) is 0 Å². The lowest BCUT2D eigenvalue weighted by molar-refractivity contribution is -0.121. The SMILES string of the molecule is O=C(NCc1cccc(CNC(=O)[C@H](Sc2ccccc2)c2ccccc2)c1)[C@H](Sc1ccccc1)c1ccccc1. The van der Waals surface area contributed by atoms with E-state index >= 15 is 0 Å². The second-order valence-electron chi connectivity index (χ2n) is 9.70. The molecule has 42 heavy (non-hydrogen) atoms. The molecule has 0 saturated carbocycles. The molecule has 2 N–H and O–H groups in total. The van der Waals surface area contributed by atoms with Crippen LogP contribution in [0, 0.1) is 0 Å². The summed E-state index contributed by atoms with van der Waals surface area (Å²) in [5, 5.41) is 5.52. The minimum Gasteiger partial charge on any atom is -0.351 e. The Morgan fingerprint density at radius 2 is 0.833 bits per heavy atom. The summed E-state index contributed by atoms with van der Waals surface area (Å²) in [7, 11) is 0. The van der Waals surface area contributed by atoms with Gasteiger partial charge in [0.25, 0.3) is 0 Å². The van der Waals surface area contributed by atoms with Gasteiger partial charge in [0.2, 0.25) is 11.8 Å². The van der Waals surface area contributed by atoms with Crippen molar-refractivity contribution in [2.24, 2.45) is 0 Å². The minimum atomic E-state index is -0.367. The highest BCUT2D eigenvalue weighted by molar-refractivity contribution is 8.00. The summed E-state index contributed by atoms with van der Waals surface area (Å²) >= 11 is 3.08. The molecule has 0 unspecified atom stereocenters. The van der Waals surface area contributed by atoms with Crippen molar-refractivity contribution in [3.63, 3.8) is 0 Å². The van der Waals surface area contributed by atoms with Crippen molar-refractivity contribution in [2.45, 2.75) is 33.4 Å². The summed E-state index contributed by atoms with van der Waals surface area (Å²) in [5.74, 6) is -0.0882. The van der Waals surface area contributed by atoms with E-state index < -0.39 is 0 Å². The van der Waals surface area contributed by atoms with E-state index in [0.717, 1.165) is 32.0 Å². The molecule has 5 rings (SSSR count). The molecule has 0 aliphatic rings. The lowest BCUT2D eigenvalue weighted by Gasteiger charge is -2.18. The van der Waals surface area contributed by atoms with E-state index in [1.54, 1.807) is 0 Å². The molecule has 0 aromatic heterocycles. The first-order valence-corrected chi connectivity index (χ1v) is 15.6. The van der Waals surface area contributed by atoms with Crippen molar-refractivity contribution in [3.05, 3.63) is 168 Å². The van der Waals surface area contributed by atoms with Crippen LogP contribution in [0.4, 0.5) is 0 Å². The Hall–Kier alpha value is -4.26. The van der Waals surface area contributed by atoms with Gasteiger partial charge in [-0.1, -0.05) is 121 Å². The molecule has 0 aliphatic carbocycles. The van der Waals surface area contributed by atoms with Gasteiger partial charge in [0.05, 0.1) is 0 Å². The van der Waals surface area contributed by atoms with Gasteiger partial charge < -0.3 is 10.6 Å². The molecule has 2 amide bonds. The first-order valence-electron chi connectivity index (χ1n) is 13.8. The summed E-state index contributed by atoms with van der Waals surface area (Å²) in [6.45, 7) is 0.797. The number of hydrogen-bond donors (Lipinski definition) is 2. The maximum absolute atomic E-state index is 13.4. The number of hydrogen-bond acceptors (Lipinski definition) is 4. The van der Waals surface area contributed by atoms with Gasteiger partial charge in [-0.3, -0.25) is 9.59 Å². The van der Waals surface area contributed by atoms with E-state index in [1.165, 1.54) is 23.5 Å². The Morgan fingerprint density at radius 3 is 1.21 bits per heavy atom. The van der Waals surface area contributed by atoms with Crippen molar-refractivity contribution in [1.82, 2.24) is 10.6 Å². The van der Waals surface area contributed by atoms with Crippen molar-refractivity contribution in [2.75, 3.05) is 0 Å². The van der Waals surface area contributed by atoms with E-state index in [9.17, 15) is 9.59 Å². The van der Waals surface area contributed by atoms with Crippen LogP contribution >= 0.6 is 23.5 Å². The Balaban J connectivity index is 1.22. The fourth-order valence-electron chi connectivity index (χ4n) is 4.49. The average Bonchev–Trinajstić information content (AvgIpc) is 3.06. The Kier molecular flexibility index (Phi) is 10.5. The quantitative estimate of drug-likeness (QED) is 0.145. The Labute approximate surface area is 256 Å². The smallest absolute Gasteiger partial charge is 0.238 e. The normalized spacial score (nSPS) is 12.2. The van der Waals surface area contributed by atoms with E-state index in [2.05, 4.69) is 10.6 Å². The van der Waals surface area contributed by atoms with E-state index in [1.807, 2.05) is 146 Å². The van der Waals surface area contributed by atoms with Gasteiger partial charge >= 0.3 is 0 Å². The van der Waals surface area contributed by atoms with Crippen molar-refractivity contribution < 1.29 is 9.59 Å². The molecular formula is C36H32N2O2S2. The van der Waals surface area contributed by atoms with Crippen LogP contribution in [0.2, 0.25) is 0 Å². The Bertz CT molecular complexity index is 1450. The number of carbonyl (C=O) groups is 2. The van der Waals surface area contributed by atoms with Crippen molar-refractivity contribution >= 4 is 35.3 Å². The summed E-state index contributed by atoms with van der Waals surface area (Å²) in [4.78, 5) is 28.9. The first kappa shape index (κ1) is 29.2. The number of carbonyl (C=O) groups excluding carboxylic acids is 2. The monoisotopic (exact) mass is 588 g/mol. The van der Waals surface area contributed by atoms with Gasteiger partial charge in [-0.25, -0.2) is 0 Å². The largest absolute Gasteiger partial charge is 0.351 e. The molecule has 5 aromatic carbocycles. The maximum Gasteiger partial charge on any atom is 0.238 e. The second kappa shape index (κ2) is 15.1. The zero-order chi connectivity index (χ0) is 29.0. The molecule has 210 valence electrons. The van der Waals surface area contributed by atoms with Crippen LogP contribution in [0.1, 0.15) is 32.8 Å². The van der Waals surface area contributed by atoms with Crippen LogP contribution in [0.5, 0.6) is 0 Å². The van der Waals surface area contributed by atoms with E-state index in [0.29, 0.717) is 13.1 Å². The zero-order valence-corrected chi connectivity index (χ0v) is 24.7. The first-order chi connectivity index (χ1) is 20.7. The molecule has 6 heteroatoms. The lowest BCUT2D eigenvalue weighted by Crippen LogP contribution is -2.28. The highest BCUT2D eigenvalue weighted by Gasteiger charge is 2.23. The summed E-state index contributed by atoms with van der Waals surface area (Å²) in [6, 6.07) is 47.6. The van der Waals surface area contributed by atoms with Gasteiger partial charge in [0, 0.05) is 22.9 Å². The average molecular weight is 589 g/mol. The van der Waals surface area contributed by atoms with E-state index in [-0.39, 0.29) is 22.3 Å². The van der Waals surface area contributed by atoms with Crippen LogP contribution in [0.15, 0.2) is 155 Å². The third-order valence-electron chi connectivity index (χ3n) is 6.60. The summed E-state index contributed by atoms with van der Waals surface area (Å²) < 4.78 is 0. The van der Waals surface area contributed by atoms with Gasteiger partial charge in [-0.15, -0.1) is 23.5 Å². The van der Waals surface area contributed by atoms with E-state index in [4.69, 9.17) is 0 Å². The molecule has 0 bridgehead atoms. The number of nitrogens with one attached hydrogen (secondary N) is 2. The highest BCUT2D eigenvalue weighted by atomic mass is 32.2. The third-order valence-corrected chi connectivity index (χ3v) is 9.13. The van der Waals surface area contributed by atoms with Crippen molar-refractivity contribution in [1.29, 1.82) is 0 Å². The fourth-order valence-corrected chi connectivity index (χ4v) is 6.63. The predicted octanol–water partition coefficient (Wildman–Crippen LogP) is 7.99. The summed E-state index contributed by atoms with van der Waals surface area (Å²) in [5.41, 5.74) is 3.87. The molecule has 4 nitrogen and oxygen atoms in total. The van der Waals surface area contributed by atoms with Crippen LogP contribution < -0.4 is 10.6 Å². The number of rotatable bonds is 12. The molecular weight excluding hydrogens is 557 g/mol.